The van der Waals surface area contributed by atoms with Gasteiger partial charge < -0.3 is 32.0 Å². The van der Waals surface area contributed by atoms with Crippen molar-refractivity contribution in [3.63, 3.8) is 0 Å². The number of hydrogen-bond donors (Lipinski definition) is 4. The van der Waals surface area contributed by atoms with E-state index in [4.69, 9.17) is 21.9 Å². The number of carbonyl (C=O) groups excluding carboxylic acids is 2. The third-order valence-electron chi connectivity index (χ3n) is 2.92. The first kappa shape index (κ1) is 17.3. The molecule has 0 radical (unpaired) electrons. The first-order valence-corrected chi connectivity index (χ1v) is 6.73. The van der Waals surface area contributed by atoms with Crippen LogP contribution in [0.25, 0.3) is 0 Å². The maximum Gasteiger partial charge on any atom is 0.255 e. The summed E-state index contributed by atoms with van der Waals surface area (Å²) < 4.78 is 5.11. The molecule has 0 aliphatic carbocycles. The van der Waals surface area contributed by atoms with E-state index in [2.05, 4.69) is 10.3 Å². The zero-order valence-corrected chi connectivity index (χ0v) is 12.4. The Labute approximate surface area is 128 Å². The highest BCUT2D eigenvalue weighted by molar-refractivity contribution is 5.99. The number of ether oxygens (including phenoxy) is 1. The number of nitrogens with two attached hydrogens (primary N) is 3. The van der Waals surface area contributed by atoms with E-state index in [9.17, 15) is 9.59 Å². The molecule has 0 aliphatic rings. The molecule has 0 saturated carbocycles. The van der Waals surface area contributed by atoms with Gasteiger partial charge >= 0.3 is 0 Å². The van der Waals surface area contributed by atoms with Gasteiger partial charge in [0.15, 0.2) is 5.96 Å². The molecule has 120 valence electrons. The Hall–Kier alpha value is -2.77. The first-order valence-electron chi connectivity index (χ1n) is 6.73. The summed E-state index contributed by atoms with van der Waals surface area (Å²) in [7, 11) is 1.45. The third kappa shape index (κ3) is 5.31. The molecule has 0 spiro atoms. The van der Waals surface area contributed by atoms with Gasteiger partial charge in [-0.2, -0.15) is 0 Å². The monoisotopic (exact) mass is 307 g/mol. The SMILES string of the molecule is COc1ccc(N)cc1C(=O)N[C@H](C=O)CCCN=C(N)N. The number of guanidine groups is 1. The molecule has 0 aliphatic heterocycles. The van der Waals surface area contributed by atoms with Crippen LogP contribution in [0.1, 0.15) is 23.2 Å². The number of nitrogens with zero attached hydrogens (tertiary/aromatic N) is 1. The van der Waals surface area contributed by atoms with Crippen LogP contribution in [0.5, 0.6) is 5.75 Å². The average molecular weight is 307 g/mol. The Morgan fingerprint density at radius 1 is 1.45 bits per heavy atom. The van der Waals surface area contributed by atoms with Gasteiger partial charge in [-0.15, -0.1) is 0 Å². The van der Waals surface area contributed by atoms with Gasteiger partial charge in [-0.1, -0.05) is 0 Å². The topological polar surface area (TPSA) is 146 Å². The highest BCUT2D eigenvalue weighted by Crippen LogP contribution is 2.21. The van der Waals surface area contributed by atoms with Crippen molar-refractivity contribution in [2.75, 3.05) is 19.4 Å². The van der Waals surface area contributed by atoms with Gasteiger partial charge in [0.05, 0.1) is 18.7 Å². The van der Waals surface area contributed by atoms with E-state index in [1.165, 1.54) is 13.2 Å². The number of nitrogens with one attached hydrogen (secondary N) is 1. The number of hydrogen-bond acceptors (Lipinski definition) is 5. The molecule has 0 fully saturated rings. The van der Waals surface area contributed by atoms with Crippen LogP contribution in [0.15, 0.2) is 23.2 Å². The van der Waals surface area contributed by atoms with Crippen LogP contribution >= 0.6 is 0 Å². The van der Waals surface area contributed by atoms with Crippen molar-refractivity contribution in [1.82, 2.24) is 5.32 Å². The van der Waals surface area contributed by atoms with E-state index in [0.717, 1.165) is 0 Å². The third-order valence-corrected chi connectivity index (χ3v) is 2.92. The lowest BCUT2D eigenvalue weighted by Gasteiger charge is -2.14. The lowest BCUT2D eigenvalue weighted by molar-refractivity contribution is -0.109. The number of benzene rings is 1. The summed E-state index contributed by atoms with van der Waals surface area (Å²) in [5.74, 6) is -0.0452. The van der Waals surface area contributed by atoms with Crippen LogP contribution in [-0.2, 0) is 4.79 Å². The highest BCUT2D eigenvalue weighted by atomic mass is 16.5. The molecule has 1 amide bonds. The Balaban J connectivity index is 2.67. The predicted octanol–water partition coefficient (Wildman–Crippen LogP) is -0.372. The molecular formula is C14H21N5O3. The molecule has 1 atom stereocenters. The van der Waals surface area contributed by atoms with Gasteiger partial charge in [0, 0.05) is 12.2 Å². The highest BCUT2D eigenvalue weighted by Gasteiger charge is 2.16. The average Bonchev–Trinajstić information content (AvgIpc) is 2.49. The predicted molar refractivity (Wildman–Crippen MR) is 84.6 cm³/mol. The quantitative estimate of drug-likeness (QED) is 0.169. The van der Waals surface area contributed by atoms with Gasteiger partial charge in [0.2, 0.25) is 0 Å². The number of methoxy groups -OCH3 is 1. The second-order valence-electron chi connectivity index (χ2n) is 4.62. The van der Waals surface area contributed by atoms with Crippen molar-refractivity contribution in [3.8, 4) is 5.75 Å². The van der Waals surface area contributed by atoms with Crippen LogP contribution in [0.4, 0.5) is 5.69 Å². The number of rotatable bonds is 8. The molecule has 0 saturated heterocycles. The zero-order chi connectivity index (χ0) is 16.5. The Morgan fingerprint density at radius 2 is 2.18 bits per heavy atom. The summed E-state index contributed by atoms with van der Waals surface area (Å²) in [6.45, 7) is 0.393. The molecular weight excluding hydrogens is 286 g/mol. The molecule has 0 aromatic heterocycles. The molecule has 22 heavy (non-hydrogen) atoms. The molecule has 0 bridgehead atoms. The van der Waals surface area contributed by atoms with Crippen molar-refractivity contribution in [1.29, 1.82) is 0 Å². The summed E-state index contributed by atoms with van der Waals surface area (Å²) >= 11 is 0. The van der Waals surface area contributed by atoms with Crippen LogP contribution < -0.4 is 27.3 Å². The van der Waals surface area contributed by atoms with Crippen molar-refractivity contribution in [3.05, 3.63) is 23.8 Å². The lowest BCUT2D eigenvalue weighted by atomic mass is 10.1. The van der Waals surface area contributed by atoms with E-state index in [1.807, 2.05) is 0 Å². The molecule has 1 rings (SSSR count). The van der Waals surface area contributed by atoms with Gasteiger partial charge in [-0.05, 0) is 31.0 Å². The summed E-state index contributed by atoms with van der Waals surface area (Å²) in [5.41, 5.74) is 16.8. The minimum atomic E-state index is -0.632. The largest absolute Gasteiger partial charge is 0.496 e. The molecule has 8 heteroatoms. The number of carbonyl (C=O) groups is 2. The number of amides is 1. The fraction of sp³-hybridized carbons (Fsp3) is 0.357. The smallest absolute Gasteiger partial charge is 0.255 e. The number of aliphatic imine (C=N–C) groups is 1. The fourth-order valence-corrected chi connectivity index (χ4v) is 1.84. The summed E-state index contributed by atoms with van der Waals surface area (Å²) in [5, 5.41) is 2.62. The fourth-order valence-electron chi connectivity index (χ4n) is 1.84. The van der Waals surface area contributed by atoms with Crippen LogP contribution in [-0.4, -0.2) is 37.8 Å². The van der Waals surface area contributed by atoms with Gasteiger partial charge in [-0.3, -0.25) is 9.79 Å². The van der Waals surface area contributed by atoms with E-state index in [0.29, 0.717) is 37.1 Å². The molecule has 7 N–H and O–H groups in total. The zero-order valence-electron chi connectivity index (χ0n) is 12.4. The second kappa shape index (κ2) is 8.50. The van der Waals surface area contributed by atoms with Gasteiger partial charge in [0.1, 0.15) is 12.0 Å². The number of anilines is 1. The molecule has 0 unspecified atom stereocenters. The number of nitrogen functional groups attached to an aromatic ring is 1. The van der Waals surface area contributed by atoms with E-state index < -0.39 is 11.9 Å². The molecule has 0 heterocycles. The standard InChI is InChI=1S/C14H21N5O3/c1-22-12-5-4-9(15)7-11(12)13(21)19-10(8-20)3-2-6-18-14(16)17/h4-5,7-8,10H,2-3,6,15H2,1H3,(H,19,21)(H4,16,17,18)/t10-/m0/s1. The molecule has 1 aromatic carbocycles. The lowest BCUT2D eigenvalue weighted by Crippen LogP contribution is -2.36. The first-order chi connectivity index (χ1) is 10.5. The van der Waals surface area contributed by atoms with E-state index >= 15 is 0 Å². The minimum Gasteiger partial charge on any atom is -0.496 e. The van der Waals surface area contributed by atoms with Gasteiger partial charge in [0.25, 0.3) is 5.91 Å². The van der Waals surface area contributed by atoms with Crippen LogP contribution in [0.3, 0.4) is 0 Å². The summed E-state index contributed by atoms with van der Waals surface area (Å²) in [6, 6.07) is 4.09. The van der Waals surface area contributed by atoms with Crippen LogP contribution in [0, 0.1) is 0 Å². The van der Waals surface area contributed by atoms with Crippen molar-refractivity contribution in [2.24, 2.45) is 16.5 Å². The maximum atomic E-state index is 12.2. The summed E-state index contributed by atoms with van der Waals surface area (Å²) in [6.07, 6.45) is 1.67. The van der Waals surface area contributed by atoms with E-state index in [-0.39, 0.29) is 11.5 Å². The Kier molecular flexibility index (Phi) is 6.68. The maximum absolute atomic E-state index is 12.2. The second-order valence-corrected chi connectivity index (χ2v) is 4.62. The number of aldehydes is 1. The minimum absolute atomic E-state index is 0.00353. The molecule has 8 nitrogen and oxygen atoms in total. The van der Waals surface area contributed by atoms with Gasteiger partial charge in [-0.25, -0.2) is 0 Å². The van der Waals surface area contributed by atoms with E-state index in [1.54, 1.807) is 12.1 Å². The van der Waals surface area contributed by atoms with Crippen LogP contribution in [0.2, 0.25) is 0 Å². The van der Waals surface area contributed by atoms with Crippen molar-refractivity contribution >= 4 is 23.8 Å². The molecule has 1 aromatic rings. The normalized spacial score (nSPS) is 11.3. The van der Waals surface area contributed by atoms with Crippen molar-refractivity contribution in [2.45, 2.75) is 18.9 Å². The van der Waals surface area contributed by atoms with Crippen molar-refractivity contribution < 1.29 is 14.3 Å². The Bertz CT molecular complexity index is 555. The Morgan fingerprint density at radius 3 is 2.77 bits per heavy atom. The summed E-state index contributed by atoms with van der Waals surface area (Å²) in [4.78, 5) is 27.1.